The zero-order valence-electron chi connectivity index (χ0n) is 11.8. The SMILES string of the molecule is CC(C)SCC(=O)c1ccc(-c2noc(C(F)(F)Cl)n2)cc1. The molecule has 118 valence electrons. The van der Waals surface area contributed by atoms with E-state index in [1.807, 2.05) is 13.8 Å². The lowest BCUT2D eigenvalue weighted by atomic mass is 10.1. The van der Waals surface area contributed by atoms with Crippen LogP contribution in [-0.4, -0.2) is 26.9 Å². The van der Waals surface area contributed by atoms with Crippen molar-refractivity contribution >= 4 is 29.1 Å². The molecule has 2 aromatic rings. The Morgan fingerprint density at radius 2 is 2.00 bits per heavy atom. The molecule has 0 saturated heterocycles. The van der Waals surface area contributed by atoms with Crippen LogP contribution < -0.4 is 0 Å². The van der Waals surface area contributed by atoms with Crippen LogP contribution in [0.3, 0.4) is 0 Å². The molecule has 0 amide bonds. The first kappa shape index (κ1) is 16.9. The van der Waals surface area contributed by atoms with Gasteiger partial charge in [0.15, 0.2) is 5.78 Å². The summed E-state index contributed by atoms with van der Waals surface area (Å²) in [4.78, 5) is 15.5. The van der Waals surface area contributed by atoms with Crippen molar-refractivity contribution in [3.8, 4) is 11.4 Å². The van der Waals surface area contributed by atoms with Crippen molar-refractivity contribution in [1.29, 1.82) is 0 Å². The fourth-order valence-electron chi connectivity index (χ4n) is 1.59. The van der Waals surface area contributed by atoms with E-state index in [9.17, 15) is 13.6 Å². The highest BCUT2D eigenvalue weighted by atomic mass is 35.5. The molecule has 0 saturated carbocycles. The van der Waals surface area contributed by atoms with Gasteiger partial charge in [-0.15, -0.1) is 0 Å². The molecule has 2 rings (SSSR count). The Hall–Kier alpha value is -1.47. The molecular formula is C14H13ClF2N2O2S. The van der Waals surface area contributed by atoms with E-state index in [2.05, 4.69) is 14.7 Å². The minimum Gasteiger partial charge on any atom is -0.331 e. The number of hydrogen-bond acceptors (Lipinski definition) is 5. The predicted octanol–water partition coefficient (Wildman–Crippen LogP) is 4.35. The molecule has 0 aliphatic heterocycles. The molecule has 0 bridgehead atoms. The molecule has 1 aromatic heterocycles. The Bertz CT molecular complexity index is 654. The largest absolute Gasteiger partial charge is 0.400 e. The molecular weight excluding hydrogens is 334 g/mol. The summed E-state index contributed by atoms with van der Waals surface area (Å²) in [6.07, 6.45) is 0. The third-order valence-corrected chi connectivity index (χ3v) is 3.94. The van der Waals surface area contributed by atoms with Gasteiger partial charge in [-0.3, -0.25) is 4.79 Å². The average molecular weight is 347 g/mol. The van der Waals surface area contributed by atoms with Gasteiger partial charge >= 0.3 is 11.3 Å². The minimum atomic E-state index is -3.70. The number of nitrogens with zero attached hydrogens (tertiary/aromatic N) is 2. The Balaban J connectivity index is 2.12. The lowest BCUT2D eigenvalue weighted by Gasteiger charge is -2.04. The zero-order chi connectivity index (χ0) is 16.3. The van der Waals surface area contributed by atoms with E-state index in [-0.39, 0.29) is 11.6 Å². The van der Waals surface area contributed by atoms with Crippen molar-refractivity contribution in [2.45, 2.75) is 24.5 Å². The summed E-state index contributed by atoms with van der Waals surface area (Å²) < 4.78 is 30.1. The highest BCUT2D eigenvalue weighted by Gasteiger charge is 2.35. The lowest BCUT2D eigenvalue weighted by Crippen LogP contribution is -2.05. The number of rotatable bonds is 6. The lowest BCUT2D eigenvalue weighted by molar-refractivity contribution is 0.0551. The smallest absolute Gasteiger partial charge is 0.331 e. The van der Waals surface area contributed by atoms with Crippen LogP contribution in [0.5, 0.6) is 0 Å². The van der Waals surface area contributed by atoms with Gasteiger partial charge in [-0.2, -0.15) is 25.5 Å². The van der Waals surface area contributed by atoms with Crippen LogP contribution >= 0.6 is 23.4 Å². The molecule has 0 radical (unpaired) electrons. The Kier molecular flexibility index (Phi) is 5.18. The summed E-state index contributed by atoms with van der Waals surface area (Å²) in [5, 5.41) is 0.121. The predicted molar refractivity (Wildman–Crippen MR) is 81.4 cm³/mol. The van der Waals surface area contributed by atoms with Gasteiger partial charge in [-0.05, 0) is 16.9 Å². The third kappa shape index (κ3) is 4.27. The molecule has 0 aliphatic carbocycles. The molecule has 22 heavy (non-hydrogen) atoms. The fraction of sp³-hybridized carbons (Fsp3) is 0.357. The molecule has 0 fully saturated rings. The molecule has 0 spiro atoms. The van der Waals surface area contributed by atoms with Gasteiger partial charge in [0.05, 0.1) is 5.75 Å². The zero-order valence-corrected chi connectivity index (χ0v) is 13.4. The summed E-state index contributed by atoms with van der Waals surface area (Å²) in [5.41, 5.74) is 1.01. The fourth-order valence-corrected chi connectivity index (χ4v) is 2.31. The van der Waals surface area contributed by atoms with Crippen molar-refractivity contribution in [2.75, 3.05) is 5.75 Å². The van der Waals surface area contributed by atoms with E-state index in [4.69, 9.17) is 11.6 Å². The summed E-state index contributed by atoms with van der Waals surface area (Å²) in [6.45, 7) is 4.03. The summed E-state index contributed by atoms with van der Waals surface area (Å²) in [7, 11) is 0. The second-order valence-electron chi connectivity index (χ2n) is 4.78. The molecule has 0 aliphatic rings. The van der Waals surface area contributed by atoms with Gasteiger partial charge in [0.2, 0.25) is 5.82 Å². The minimum absolute atomic E-state index is 0.00587. The van der Waals surface area contributed by atoms with Gasteiger partial charge in [0.1, 0.15) is 0 Å². The van der Waals surface area contributed by atoms with Gasteiger partial charge in [-0.25, -0.2) is 0 Å². The summed E-state index contributed by atoms with van der Waals surface area (Å²) in [5.74, 6) is -0.572. The van der Waals surface area contributed by atoms with Crippen LogP contribution in [0.2, 0.25) is 0 Å². The number of alkyl halides is 3. The molecule has 1 heterocycles. The van der Waals surface area contributed by atoms with E-state index in [1.165, 1.54) is 0 Å². The number of benzene rings is 1. The van der Waals surface area contributed by atoms with Crippen molar-refractivity contribution in [2.24, 2.45) is 0 Å². The monoisotopic (exact) mass is 346 g/mol. The normalized spacial score (nSPS) is 11.9. The Morgan fingerprint density at radius 1 is 1.36 bits per heavy atom. The molecule has 0 N–H and O–H groups in total. The summed E-state index contributed by atoms with van der Waals surface area (Å²) in [6, 6.07) is 6.36. The summed E-state index contributed by atoms with van der Waals surface area (Å²) >= 11 is 6.36. The standard InChI is InChI=1S/C14H13ClF2N2O2S/c1-8(2)22-7-11(20)9-3-5-10(6-4-9)12-18-13(21-19-12)14(15,16)17/h3-6,8H,7H2,1-2H3. The van der Waals surface area contributed by atoms with Crippen molar-refractivity contribution < 1.29 is 18.1 Å². The number of ketones is 1. The van der Waals surface area contributed by atoms with Gasteiger partial charge in [-0.1, -0.05) is 43.3 Å². The van der Waals surface area contributed by atoms with E-state index >= 15 is 0 Å². The topological polar surface area (TPSA) is 56.0 Å². The van der Waals surface area contributed by atoms with E-state index < -0.39 is 11.3 Å². The maximum atomic E-state index is 12.8. The second kappa shape index (κ2) is 6.75. The highest BCUT2D eigenvalue weighted by Crippen LogP contribution is 2.32. The number of Topliss-reactive ketones (excluding diaryl/α,β-unsaturated/α-hetero) is 1. The maximum absolute atomic E-state index is 12.8. The van der Waals surface area contributed by atoms with E-state index in [0.717, 1.165) is 0 Å². The maximum Gasteiger partial charge on any atom is 0.400 e. The van der Waals surface area contributed by atoms with Crippen LogP contribution in [-0.2, 0) is 5.38 Å². The Labute approximate surface area is 135 Å². The molecule has 8 heteroatoms. The van der Waals surface area contributed by atoms with Crippen molar-refractivity contribution in [3.63, 3.8) is 0 Å². The van der Waals surface area contributed by atoms with Crippen LogP contribution in [0.4, 0.5) is 8.78 Å². The van der Waals surface area contributed by atoms with E-state index in [1.54, 1.807) is 36.0 Å². The highest BCUT2D eigenvalue weighted by molar-refractivity contribution is 8.00. The first-order valence-electron chi connectivity index (χ1n) is 6.43. The van der Waals surface area contributed by atoms with E-state index in [0.29, 0.717) is 22.1 Å². The number of aromatic nitrogens is 2. The number of carbonyl (C=O) groups is 1. The first-order chi connectivity index (χ1) is 10.3. The van der Waals surface area contributed by atoms with Crippen molar-refractivity contribution in [3.05, 3.63) is 35.7 Å². The van der Waals surface area contributed by atoms with Crippen LogP contribution in [0.15, 0.2) is 28.8 Å². The number of halogens is 3. The van der Waals surface area contributed by atoms with Crippen LogP contribution in [0.1, 0.15) is 30.1 Å². The third-order valence-electron chi connectivity index (χ3n) is 2.68. The van der Waals surface area contributed by atoms with Crippen molar-refractivity contribution in [1.82, 2.24) is 10.1 Å². The molecule has 0 unspecified atom stereocenters. The number of hydrogen-bond donors (Lipinski definition) is 0. The van der Waals surface area contributed by atoms with Crippen LogP contribution in [0, 0.1) is 0 Å². The quantitative estimate of drug-likeness (QED) is 0.575. The molecule has 1 aromatic carbocycles. The molecule has 4 nitrogen and oxygen atoms in total. The number of thioether (sulfide) groups is 1. The van der Waals surface area contributed by atoms with Gasteiger partial charge in [0, 0.05) is 11.1 Å². The first-order valence-corrected chi connectivity index (χ1v) is 7.86. The van der Waals surface area contributed by atoms with Gasteiger partial charge in [0.25, 0.3) is 0 Å². The number of carbonyl (C=O) groups excluding carboxylic acids is 1. The second-order valence-corrected chi connectivity index (χ2v) is 6.82. The van der Waals surface area contributed by atoms with Gasteiger partial charge < -0.3 is 4.52 Å². The van der Waals surface area contributed by atoms with Crippen LogP contribution in [0.25, 0.3) is 11.4 Å². The molecule has 0 atom stereocenters. The average Bonchev–Trinajstić information content (AvgIpc) is 2.94. The Morgan fingerprint density at radius 3 is 2.50 bits per heavy atom.